The highest BCUT2D eigenvalue weighted by molar-refractivity contribution is 5.82. The number of carbonyl (C=O) groups is 1. The van der Waals surface area contributed by atoms with E-state index in [2.05, 4.69) is 68.4 Å². The molecule has 0 bridgehead atoms. The van der Waals surface area contributed by atoms with Crippen LogP contribution in [0.15, 0.2) is 48.5 Å². The van der Waals surface area contributed by atoms with Crippen molar-refractivity contribution in [1.82, 2.24) is 0 Å². The van der Waals surface area contributed by atoms with Gasteiger partial charge in [0.25, 0.3) is 0 Å². The second kappa shape index (κ2) is 11.4. The minimum atomic E-state index is -0.289. The largest absolute Gasteiger partial charge is 0.299 e. The number of hydrogen-bond acceptors (Lipinski definition) is 2. The summed E-state index contributed by atoms with van der Waals surface area (Å²) in [5, 5.41) is 10.2. The molecule has 0 heterocycles. The molecule has 0 aromatic heterocycles. The molecule has 2 aromatic rings. The van der Waals surface area contributed by atoms with Gasteiger partial charge in [0, 0.05) is 12.3 Å². The number of nitriles is 1. The lowest BCUT2D eigenvalue weighted by molar-refractivity contribution is -0.128. The van der Waals surface area contributed by atoms with Gasteiger partial charge in [0.1, 0.15) is 5.78 Å². The van der Waals surface area contributed by atoms with Crippen molar-refractivity contribution in [1.29, 1.82) is 5.26 Å². The van der Waals surface area contributed by atoms with Crippen molar-refractivity contribution >= 4 is 5.78 Å². The van der Waals surface area contributed by atoms with Gasteiger partial charge in [-0.2, -0.15) is 5.26 Å². The first kappa shape index (κ1) is 24.7. The Balaban J connectivity index is 1.36. The number of Topliss-reactive ketones (excluding diaryl/α,β-unsaturated/α-hetero) is 1. The molecule has 0 spiro atoms. The summed E-state index contributed by atoms with van der Waals surface area (Å²) in [6.45, 7) is 4.40. The molecule has 0 saturated heterocycles. The minimum absolute atomic E-state index is 0.249. The van der Waals surface area contributed by atoms with Crippen molar-refractivity contribution in [3.8, 4) is 17.2 Å². The third kappa shape index (κ3) is 5.46. The molecule has 2 atom stereocenters. The molecule has 34 heavy (non-hydrogen) atoms. The number of carbonyl (C=O) groups excluding carboxylic acids is 1. The highest BCUT2D eigenvalue weighted by Gasteiger charge is 2.45. The van der Waals surface area contributed by atoms with Crippen LogP contribution in [0.1, 0.15) is 102 Å². The topological polar surface area (TPSA) is 40.9 Å². The summed E-state index contributed by atoms with van der Waals surface area (Å²) in [7, 11) is 0. The van der Waals surface area contributed by atoms with Crippen LogP contribution in [-0.2, 0) is 11.2 Å². The number of hydrogen-bond donors (Lipinski definition) is 0. The van der Waals surface area contributed by atoms with Crippen molar-refractivity contribution < 1.29 is 4.79 Å². The Hall–Kier alpha value is -2.40. The van der Waals surface area contributed by atoms with E-state index in [1.807, 2.05) is 0 Å². The van der Waals surface area contributed by atoms with Crippen LogP contribution in [0.25, 0.3) is 11.1 Å². The zero-order valence-corrected chi connectivity index (χ0v) is 21.2. The van der Waals surface area contributed by atoms with Gasteiger partial charge in [-0.1, -0.05) is 75.2 Å². The fraction of sp³-hybridized carbons (Fsp3) is 0.562. The van der Waals surface area contributed by atoms with E-state index in [1.54, 1.807) is 0 Å². The fourth-order valence-corrected chi connectivity index (χ4v) is 6.47. The quantitative estimate of drug-likeness (QED) is 0.399. The van der Waals surface area contributed by atoms with E-state index in [4.69, 9.17) is 0 Å². The molecule has 2 aliphatic carbocycles. The van der Waals surface area contributed by atoms with Crippen LogP contribution in [0.2, 0.25) is 0 Å². The van der Waals surface area contributed by atoms with Gasteiger partial charge in [0.2, 0.25) is 0 Å². The van der Waals surface area contributed by atoms with Gasteiger partial charge >= 0.3 is 0 Å². The second-order valence-corrected chi connectivity index (χ2v) is 10.9. The predicted octanol–water partition coefficient (Wildman–Crippen LogP) is 8.65. The number of unbranched alkanes of at least 4 members (excludes halogenated alkanes) is 1. The Bertz CT molecular complexity index is 973. The summed E-state index contributed by atoms with van der Waals surface area (Å²) >= 11 is 0. The first-order valence-electron chi connectivity index (χ1n) is 13.7. The van der Waals surface area contributed by atoms with Crippen LogP contribution in [0.4, 0.5) is 0 Å². The predicted molar refractivity (Wildman–Crippen MR) is 140 cm³/mol. The fourth-order valence-electron chi connectivity index (χ4n) is 6.47. The van der Waals surface area contributed by atoms with E-state index in [0.29, 0.717) is 18.1 Å². The number of ketones is 1. The van der Waals surface area contributed by atoms with E-state index >= 15 is 0 Å². The van der Waals surface area contributed by atoms with E-state index in [-0.39, 0.29) is 17.3 Å². The zero-order valence-electron chi connectivity index (χ0n) is 21.2. The van der Waals surface area contributed by atoms with E-state index < -0.39 is 0 Å². The molecule has 180 valence electrons. The molecule has 2 aromatic carbocycles. The van der Waals surface area contributed by atoms with Crippen LogP contribution < -0.4 is 0 Å². The molecule has 0 radical (unpaired) electrons. The molecule has 2 heteroatoms. The SMILES string of the molecule is CCCCc1ccc(-c2ccc([C@H]3CC[C@@](C#N)([C@@H]4CC[C@@H](CCC)C(=O)C4)CC3)cc2)cc1. The summed E-state index contributed by atoms with van der Waals surface area (Å²) in [6.07, 6.45) is 12.4. The van der Waals surface area contributed by atoms with Crippen molar-refractivity contribution in [3.05, 3.63) is 59.7 Å². The lowest BCUT2D eigenvalue weighted by atomic mass is 9.59. The van der Waals surface area contributed by atoms with Gasteiger partial charge in [-0.05, 0) is 91.9 Å². The maximum atomic E-state index is 12.7. The van der Waals surface area contributed by atoms with Crippen molar-refractivity contribution in [2.24, 2.45) is 17.3 Å². The molecular weight excluding hydrogens is 414 g/mol. The maximum Gasteiger partial charge on any atom is 0.136 e. The molecule has 0 aliphatic heterocycles. The summed E-state index contributed by atoms with van der Waals surface area (Å²) in [5.41, 5.74) is 5.09. The summed E-state index contributed by atoms with van der Waals surface area (Å²) in [4.78, 5) is 12.7. The first-order valence-corrected chi connectivity index (χ1v) is 13.7. The van der Waals surface area contributed by atoms with E-state index in [1.165, 1.54) is 35.1 Å². The standard InChI is InChI=1S/C32H41NO/c1-3-5-7-24-8-10-25(11-9-24)26-12-14-27(15-13-26)28-18-20-32(23-33,21-19-28)30-17-16-29(6-4-2)31(34)22-30/h8-15,28-30H,3-7,16-22H2,1-2H3/t28-,29-,30-,32+/m1/s1. The van der Waals surface area contributed by atoms with Gasteiger partial charge < -0.3 is 0 Å². The van der Waals surface area contributed by atoms with Crippen LogP contribution >= 0.6 is 0 Å². The van der Waals surface area contributed by atoms with Gasteiger partial charge in [-0.3, -0.25) is 4.79 Å². The molecular formula is C32H41NO. The highest BCUT2D eigenvalue weighted by atomic mass is 16.1. The molecule has 0 N–H and O–H groups in total. The van der Waals surface area contributed by atoms with Crippen molar-refractivity contribution in [3.63, 3.8) is 0 Å². The molecule has 2 fully saturated rings. The summed E-state index contributed by atoms with van der Waals surface area (Å²) in [5.74, 6) is 1.46. The molecule has 2 nitrogen and oxygen atoms in total. The number of benzene rings is 2. The van der Waals surface area contributed by atoms with Gasteiger partial charge in [-0.25, -0.2) is 0 Å². The molecule has 0 amide bonds. The third-order valence-corrected chi connectivity index (χ3v) is 8.77. The lowest BCUT2D eigenvalue weighted by Crippen LogP contribution is -2.38. The maximum absolute atomic E-state index is 12.7. The Kier molecular flexibility index (Phi) is 8.25. The van der Waals surface area contributed by atoms with E-state index in [0.717, 1.165) is 57.8 Å². The average Bonchev–Trinajstić information content (AvgIpc) is 2.89. The van der Waals surface area contributed by atoms with Crippen molar-refractivity contribution in [2.45, 2.75) is 96.8 Å². The van der Waals surface area contributed by atoms with Crippen LogP contribution in [0.5, 0.6) is 0 Å². The van der Waals surface area contributed by atoms with Crippen LogP contribution in [-0.4, -0.2) is 5.78 Å². The smallest absolute Gasteiger partial charge is 0.136 e. The number of aryl methyl sites for hydroxylation is 1. The normalized spacial score (nSPS) is 27.3. The zero-order chi connectivity index (χ0) is 24.0. The molecule has 2 aliphatic rings. The third-order valence-electron chi connectivity index (χ3n) is 8.77. The number of nitrogens with zero attached hydrogens (tertiary/aromatic N) is 1. The molecule has 4 rings (SSSR count). The first-order chi connectivity index (χ1) is 16.6. The Morgan fingerprint density at radius 1 is 0.882 bits per heavy atom. The second-order valence-electron chi connectivity index (χ2n) is 10.9. The molecule has 2 saturated carbocycles. The van der Waals surface area contributed by atoms with Crippen LogP contribution in [0.3, 0.4) is 0 Å². The van der Waals surface area contributed by atoms with E-state index in [9.17, 15) is 10.1 Å². The highest BCUT2D eigenvalue weighted by Crippen LogP contribution is 2.51. The van der Waals surface area contributed by atoms with Gasteiger partial charge in [-0.15, -0.1) is 0 Å². The average molecular weight is 456 g/mol. The molecule has 0 unspecified atom stereocenters. The number of rotatable bonds is 8. The monoisotopic (exact) mass is 455 g/mol. The minimum Gasteiger partial charge on any atom is -0.299 e. The van der Waals surface area contributed by atoms with Crippen LogP contribution in [0, 0.1) is 28.6 Å². The Labute approximate surface area is 206 Å². The van der Waals surface area contributed by atoms with Gasteiger partial charge in [0.05, 0.1) is 11.5 Å². The summed E-state index contributed by atoms with van der Waals surface area (Å²) in [6, 6.07) is 20.9. The lowest BCUT2D eigenvalue weighted by Gasteiger charge is -2.43. The summed E-state index contributed by atoms with van der Waals surface area (Å²) < 4.78 is 0. The van der Waals surface area contributed by atoms with Crippen molar-refractivity contribution in [2.75, 3.05) is 0 Å². The Morgan fingerprint density at radius 3 is 2.09 bits per heavy atom. The Morgan fingerprint density at radius 2 is 1.53 bits per heavy atom. The van der Waals surface area contributed by atoms with Gasteiger partial charge in [0.15, 0.2) is 0 Å².